The molecule has 0 heterocycles. The average Bonchev–Trinajstić information content (AvgIpc) is 2.42. The van der Waals surface area contributed by atoms with E-state index in [0.717, 1.165) is 15.1 Å². The zero-order chi connectivity index (χ0) is 15.4. The molecule has 0 spiro atoms. The maximum absolute atomic E-state index is 12.0. The van der Waals surface area contributed by atoms with Crippen molar-refractivity contribution in [2.24, 2.45) is 0 Å². The number of halogens is 1. The van der Waals surface area contributed by atoms with Gasteiger partial charge in [0.15, 0.2) is 0 Å². The lowest BCUT2D eigenvalue weighted by molar-refractivity contribution is -0.113. The van der Waals surface area contributed by atoms with Crippen molar-refractivity contribution in [1.29, 1.82) is 0 Å². The van der Waals surface area contributed by atoms with E-state index in [9.17, 15) is 4.79 Å². The molecule has 0 saturated heterocycles. The molecule has 0 aliphatic heterocycles. The molecule has 3 N–H and O–H groups in total. The van der Waals surface area contributed by atoms with E-state index in [1.165, 1.54) is 22.9 Å². The van der Waals surface area contributed by atoms with Gasteiger partial charge in [-0.05, 0) is 71.2 Å². The maximum Gasteiger partial charge on any atom is 0.234 e. The fourth-order valence-electron chi connectivity index (χ4n) is 1.79. The first-order valence-electron chi connectivity index (χ1n) is 6.50. The summed E-state index contributed by atoms with van der Waals surface area (Å²) in [5.74, 6) is 0.335. The summed E-state index contributed by atoms with van der Waals surface area (Å²) < 4.78 is 0.909. The zero-order valence-electron chi connectivity index (χ0n) is 11.9. The van der Waals surface area contributed by atoms with Gasteiger partial charge >= 0.3 is 0 Å². The van der Waals surface area contributed by atoms with E-state index >= 15 is 0 Å². The van der Waals surface area contributed by atoms with Gasteiger partial charge in [-0.15, -0.1) is 11.8 Å². The first-order chi connectivity index (χ1) is 9.95. The molecule has 3 nitrogen and oxygen atoms in total. The molecule has 0 radical (unpaired) electrons. The van der Waals surface area contributed by atoms with Crippen LogP contribution in [-0.4, -0.2) is 11.7 Å². The fraction of sp³-hybridized carbons (Fsp3) is 0.188. The number of hydrogen-bond donors (Lipinski definition) is 2. The number of hydrogen-bond acceptors (Lipinski definition) is 3. The Morgan fingerprint density at radius 2 is 1.95 bits per heavy atom. The predicted molar refractivity (Wildman–Crippen MR) is 93.8 cm³/mol. The second-order valence-corrected chi connectivity index (χ2v) is 6.70. The van der Waals surface area contributed by atoms with Crippen LogP contribution in [0.1, 0.15) is 11.1 Å². The molecule has 0 aromatic heterocycles. The largest absolute Gasteiger partial charge is 0.399 e. The Morgan fingerprint density at radius 3 is 2.62 bits per heavy atom. The highest BCUT2D eigenvalue weighted by Crippen LogP contribution is 2.29. The molecule has 0 aliphatic carbocycles. The normalized spacial score (nSPS) is 10.4. The second kappa shape index (κ2) is 7.00. The van der Waals surface area contributed by atoms with Crippen molar-refractivity contribution in [3.63, 3.8) is 0 Å². The van der Waals surface area contributed by atoms with Crippen molar-refractivity contribution in [2.75, 3.05) is 16.8 Å². The highest BCUT2D eigenvalue weighted by Gasteiger charge is 2.07. The second-order valence-electron chi connectivity index (χ2n) is 4.83. The summed E-state index contributed by atoms with van der Waals surface area (Å²) >= 11 is 4.92. The van der Waals surface area contributed by atoms with Crippen LogP contribution in [0.25, 0.3) is 0 Å². The van der Waals surface area contributed by atoms with Gasteiger partial charge in [0.05, 0.1) is 5.75 Å². The smallest absolute Gasteiger partial charge is 0.234 e. The van der Waals surface area contributed by atoms with E-state index in [1.807, 2.05) is 43.3 Å². The maximum atomic E-state index is 12.0. The minimum Gasteiger partial charge on any atom is -0.399 e. The van der Waals surface area contributed by atoms with E-state index in [1.54, 1.807) is 0 Å². The lowest BCUT2D eigenvalue weighted by atomic mass is 10.1. The van der Waals surface area contributed by atoms with E-state index in [2.05, 4.69) is 28.2 Å². The van der Waals surface area contributed by atoms with Crippen molar-refractivity contribution in [3.05, 3.63) is 52.0 Å². The summed E-state index contributed by atoms with van der Waals surface area (Å²) in [6.07, 6.45) is 0. The first kappa shape index (κ1) is 15.9. The number of benzene rings is 2. The number of nitrogen functional groups attached to an aromatic ring is 1. The van der Waals surface area contributed by atoms with Crippen LogP contribution in [0.5, 0.6) is 0 Å². The highest BCUT2D eigenvalue weighted by atomic mass is 79.9. The van der Waals surface area contributed by atoms with Gasteiger partial charge in [0.25, 0.3) is 0 Å². The van der Waals surface area contributed by atoms with Crippen LogP contribution in [0.2, 0.25) is 0 Å². The van der Waals surface area contributed by atoms with Gasteiger partial charge in [-0.1, -0.05) is 6.07 Å². The average molecular weight is 365 g/mol. The Hall–Kier alpha value is -1.46. The number of nitrogens with two attached hydrogens (primary N) is 1. The number of amides is 1. The van der Waals surface area contributed by atoms with Crippen LogP contribution in [-0.2, 0) is 4.79 Å². The minimum atomic E-state index is -0.0213. The van der Waals surface area contributed by atoms with Crippen LogP contribution >= 0.6 is 27.7 Å². The molecule has 1 amide bonds. The number of aryl methyl sites for hydroxylation is 2. The Bertz CT molecular complexity index is 673. The van der Waals surface area contributed by atoms with Crippen LogP contribution in [0, 0.1) is 13.8 Å². The van der Waals surface area contributed by atoms with Crippen LogP contribution in [0.4, 0.5) is 11.4 Å². The van der Waals surface area contributed by atoms with E-state index in [-0.39, 0.29) is 5.91 Å². The SMILES string of the molecule is Cc1ccc(NC(=O)CSc2ccc(N)cc2Br)cc1C. The predicted octanol–water partition coefficient (Wildman–Crippen LogP) is 4.38. The monoisotopic (exact) mass is 364 g/mol. The summed E-state index contributed by atoms with van der Waals surface area (Å²) in [5.41, 5.74) is 9.61. The molecule has 2 aromatic carbocycles. The van der Waals surface area contributed by atoms with Crippen LogP contribution < -0.4 is 11.1 Å². The third kappa shape index (κ3) is 4.51. The molecule has 2 aromatic rings. The molecule has 110 valence electrons. The summed E-state index contributed by atoms with van der Waals surface area (Å²) in [7, 11) is 0. The van der Waals surface area contributed by atoms with E-state index in [4.69, 9.17) is 5.73 Å². The van der Waals surface area contributed by atoms with Gasteiger partial charge < -0.3 is 11.1 Å². The van der Waals surface area contributed by atoms with Gasteiger partial charge in [0.1, 0.15) is 0 Å². The molecule has 0 atom stereocenters. The molecule has 21 heavy (non-hydrogen) atoms. The molecule has 0 unspecified atom stereocenters. The number of nitrogens with one attached hydrogen (secondary N) is 1. The van der Waals surface area contributed by atoms with Crippen molar-refractivity contribution in [1.82, 2.24) is 0 Å². The van der Waals surface area contributed by atoms with E-state index in [0.29, 0.717) is 11.4 Å². The molecular weight excluding hydrogens is 348 g/mol. The molecular formula is C16H17BrN2OS. The summed E-state index contributed by atoms with van der Waals surface area (Å²) in [5, 5.41) is 2.91. The van der Waals surface area contributed by atoms with Crippen molar-refractivity contribution in [3.8, 4) is 0 Å². The summed E-state index contributed by atoms with van der Waals surface area (Å²) in [6.45, 7) is 4.08. The molecule has 2 rings (SSSR count). The Kier molecular flexibility index (Phi) is 5.31. The lowest BCUT2D eigenvalue weighted by Gasteiger charge is -2.08. The van der Waals surface area contributed by atoms with Crippen LogP contribution in [0.3, 0.4) is 0 Å². The van der Waals surface area contributed by atoms with Gasteiger partial charge in [-0.2, -0.15) is 0 Å². The first-order valence-corrected chi connectivity index (χ1v) is 8.28. The summed E-state index contributed by atoms with van der Waals surface area (Å²) in [6, 6.07) is 11.5. The third-order valence-corrected chi connectivity index (χ3v) is 5.10. The summed E-state index contributed by atoms with van der Waals surface area (Å²) in [4.78, 5) is 13.0. The van der Waals surface area contributed by atoms with Crippen molar-refractivity contribution < 1.29 is 4.79 Å². The van der Waals surface area contributed by atoms with Gasteiger partial charge in [0.2, 0.25) is 5.91 Å². The quantitative estimate of drug-likeness (QED) is 0.625. The number of carbonyl (C=O) groups excluding carboxylic acids is 1. The van der Waals surface area contributed by atoms with Gasteiger partial charge in [0, 0.05) is 20.7 Å². The topological polar surface area (TPSA) is 55.1 Å². The number of rotatable bonds is 4. The van der Waals surface area contributed by atoms with Crippen molar-refractivity contribution in [2.45, 2.75) is 18.7 Å². The number of thioether (sulfide) groups is 1. The van der Waals surface area contributed by atoms with Gasteiger partial charge in [-0.3, -0.25) is 4.79 Å². The van der Waals surface area contributed by atoms with Crippen LogP contribution in [0.15, 0.2) is 45.8 Å². The fourth-order valence-corrected chi connectivity index (χ4v) is 3.25. The molecule has 0 aliphatic rings. The van der Waals surface area contributed by atoms with E-state index < -0.39 is 0 Å². The van der Waals surface area contributed by atoms with Crippen molar-refractivity contribution >= 4 is 45.0 Å². The minimum absolute atomic E-state index is 0.0213. The standard InChI is InChI=1S/C16H17BrN2OS/c1-10-3-5-13(7-11(10)2)19-16(20)9-21-15-6-4-12(18)8-14(15)17/h3-8H,9,18H2,1-2H3,(H,19,20). The Labute approximate surface area is 137 Å². The molecule has 0 fully saturated rings. The highest BCUT2D eigenvalue weighted by molar-refractivity contribution is 9.10. The Balaban J connectivity index is 1.94. The zero-order valence-corrected chi connectivity index (χ0v) is 14.3. The molecule has 5 heteroatoms. The Morgan fingerprint density at radius 1 is 1.19 bits per heavy atom. The van der Waals surface area contributed by atoms with Gasteiger partial charge in [-0.25, -0.2) is 0 Å². The molecule has 0 saturated carbocycles. The third-order valence-electron chi connectivity index (χ3n) is 3.11. The lowest BCUT2D eigenvalue weighted by Crippen LogP contribution is -2.14. The number of anilines is 2. The number of carbonyl (C=O) groups is 1. The molecule has 0 bridgehead atoms.